The Labute approximate surface area is 135 Å². The normalized spacial score (nSPS) is 27.2. The Morgan fingerprint density at radius 3 is 2.59 bits per heavy atom. The summed E-state index contributed by atoms with van der Waals surface area (Å²) in [6, 6.07) is 3.78. The van der Waals surface area contributed by atoms with Gasteiger partial charge in [0.15, 0.2) is 0 Å². The predicted octanol–water partition coefficient (Wildman–Crippen LogP) is 3.00. The molecule has 2 aliphatic rings. The molecule has 2 amide bonds. The highest BCUT2D eigenvalue weighted by Gasteiger charge is 2.52. The molecule has 0 radical (unpaired) electrons. The molecule has 0 spiro atoms. The summed E-state index contributed by atoms with van der Waals surface area (Å²) in [6.07, 6.45) is 1.39. The van der Waals surface area contributed by atoms with Gasteiger partial charge in [-0.15, -0.1) is 11.8 Å². The van der Waals surface area contributed by atoms with Crippen molar-refractivity contribution in [3.63, 3.8) is 0 Å². The maximum atomic E-state index is 12.7. The van der Waals surface area contributed by atoms with Crippen LogP contribution < -0.4 is 5.32 Å². The number of amides is 2. The molecule has 0 aliphatic carbocycles. The van der Waals surface area contributed by atoms with Crippen LogP contribution in [0, 0.1) is 20.8 Å². The molecular weight excluding hydrogens is 296 g/mol. The van der Waals surface area contributed by atoms with Crippen LogP contribution in [0.4, 0.5) is 5.69 Å². The van der Waals surface area contributed by atoms with E-state index in [4.69, 9.17) is 0 Å². The number of nitrogens with zero attached hydrogens (tertiary/aromatic N) is 1. The monoisotopic (exact) mass is 318 g/mol. The zero-order valence-electron chi connectivity index (χ0n) is 13.5. The van der Waals surface area contributed by atoms with Gasteiger partial charge in [-0.1, -0.05) is 17.7 Å². The van der Waals surface area contributed by atoms with E-state index < -0.39 is 0 Å². The van der Waals surface area contributed by atoms with Gasteiger partial charge >= 0.3 is 0 Å². The summed E-state index contributed by atoms with van der Waals surface area (Å²) in [7, 11) is 0. The van der Waals surface area contributed by atoms with Crippen molar-refractivity contribution in [3.05, 3.63) is 28.8 Å². The van der Waals surface area contributed by atoms with E-state index in [1.165, 1.54) is 5.56 Å². The van der Waals surface area contributed by atoms with E-state index in [-0.39, 0.29) is 22.7 Å². The van der Waals surface area contributed by atoms with Crippen molar-refractivity contribution in [2.75, 3.05) is 11.1 Å². The van der Waals surface area contributed by atoms with Crippen molar-refractivity contribution in [1.29, 1.82) is 0 Å². The van der Waals surface area contributed by atoms with E-state index in [0.29, 0.717) is 12.2 Å². The average Bonchev–Trinajstić information content (AvgIpc) is 2.91. The first-order valence-electron chi connectivity index (χ1n) is 7.67. The third kappa shape index (κ3) is 2.41. The number of hydrogen-bond acceptors (Lipinski definition) is 3. The number of anilines is 1. The number of carbonyl (C=O) groups is 2. The van der Waals surface area contributed by atoms with Gasteiger partial charge < -0.3 is 10.2 Å². The number of rotatable bonds is 2. The minimum absolute atomic E-state index is 0.0680. The summed E-state index contributed by atoms with van der Waals surface area (Å²) in [5, 5.41) is 3.05. The SMILES string of the molecule is Cc1cc(C)c(NC(=O)[C@H]2CS[C@]3(C)CCC(=O)N23)c(C)c1. The van der Waals surface area contributed by atoms with Crippen LogP contribution in [0.3, 0.4) is 0 Å². The third-order valence-corrected chi connectivity index (χ3v) is 6.18. The van der Waals surface area contributed by atoms with Gasteiger partial charge in [-0.05, 0) is 45.2 Å². The number of nitrogens with one attached hydrogen (secondary N) is 1. The Morgan fingerprint density at radius 2 is 1.95 bits per heavy atom. The van der Waals surface area contributed by atoms with Gasteiger partial charge in [-0.3, -0.25) is 9.59 Å². The van der Waals surface area contributed by atoms with Crippen molar-refractivity contribution >= 4 is 29.3 Å². The van der Waals surface area contributed by atoms with Crippen molar-refractivity contribution in [1.82, 2.24) is 4.90 Å². The highest BCUT2D eigenvalue weighted by Crippen LogP contribution is 2.47. The van der Waals surface area contributed by atoms with Crippen molar-refractivity contribution in [3.8, 4) is 0 Å². The second kappa shape index (κ2) is 5.30. The Morgan fingerprint density at radius 1 is 1.32 bits per heavy atom. The highest BCUT2D eigenvalue weighted by atomic mass is 32.2. The van der Waals surface area contributed by atoms with E-state index in [1.54, 1.807) is 16.7 Å². The van der Waals surface area contributed by atoms with E-state index in [0.717, 1.165) is 23.2 Å². The molecule has 0 unspecified atom stereocenters. The van der Waals surface area contributed by atoms with E-state index >= 15 is 0 Å². The second-order valence-electron chi connectivity index (χ2n) is 6.53. The number of aryl methyl sites for hydroxylation is 3. The molecular formula is C17H22N2O2S. The van der Waals surface area contributed by atoms with Gasteiger partial charge in [0, 0.05) is 17.9 Å². The molecule has 5 heteroatoms. The second-order valence-corrected chi connectivity index (χ2v) is 8.03. The third-order valence-electron chi connectivity index (χ3n) is 4.67. The van der Waals surface area contributed by atoms with Crippen LogP contribution in [0.1, 0.15) is 36.5 Å². The van der Waals surface area contributed by atoms with E-state index in [9.17, 15) is 9.59 Å². The number of thioether (sulfide) groups is 1. The Kier molecular flexibility index (Phi) is 3.71. The first kappa shape index (κ1) is 15.4. The van der Waals surface area contributed by atoms with Gasteiger partial charge in [-0.25, -0.2) is 0 Å². The zero-order valence-corrected chi connectivity index (χ0v) is 14.3. The molecule has 1 aromatic carbocycles. The zero-order chi connectivity index (χ0) is 16.1. The number of benzene rings is 1. The van der Waals surface area contributed by atoms with Gasteiger partial charge in [0.05, 0.1) is 4.87 Å². The topological polar surface area (TPSA) is 49.4 Å². The molecule has 0 aromatic heterocycles. The summed E-state index contributed by atoms with van der Waals surface area (Å²) >= 11 is 1.72. The lowest BCUT2D eigenvalue weighted by Crippen LogP contribution is -2.48. The minimum Gasteiger partial charge on any atom is -0.324 e. The molecule has 4 nitrogen and oxygen atoms in total. The van der Waals surface area contributed by atoms with Gasteiger partial charge in [0.25, 0.3) is 0 Å². The molecule has 0 bridgehead atoms. The van der Waals surface area contributed by atoms with Gasteiger partial charge in [-0.2, -0.15) is 0 Å². The quantitative estimate of drug-likeness (QED) is 0.912. The van der Waals surface area contributed by atoms with Crippen LogP contribution in [0.5, 0.6) is 0 Å². The smallest absolute Gasteiger partial charge is 0.248 e. The maximum absolute atomic E-state index is 12.7. The van der Waals surface area contributed by atoms with Gasteiger partial charge in [0.1, 0.15) is 6.04 Å². The van der Waals surface area contributed by atoms with Crippen LogP contribution >= 0.6 is 11.8 Å². The summed E-state index contributed by atoms with van der Waals surface area (Å²) < 4.78 is 0. The van der Waals surface area contributed by atoms with E-state index in [2.05, 4.69) is 24.4 Å². The van der Waals surface area contributed by atoms with Crippen LogP contribution in [-0.2, 0) is 9.59 Å². The lowest BCUT2D eigenvalue weighted by atomic mass is 10.0. The Hall–Kier alpha value is -1.49. The largest absolute Gasteiger partial charge is 0.324 e. The van der Waals surface area contributed by atoms with Gasteiger partial charge in [0.2, 0.25) is 11.8 Å². The molecule has 1 aromatic rings. The van der Waals surface area contributed by atoms with E-state index in [1.807, 2.05) is 20.8 Å². The first-order chi connectivity index (χ1) is 10.3. The molecule has 22 heavy (non-hydrogen) atoms. The fourth-order valence-electron chi connectivity index (χ4n) is 3.60. The average molecular weight is 318 g/mol. The van der Waals surface area contributed by atoms with Crippen LogP contribution in [-0.4, -0.2) is 33.4 Å². The van der Waals surface area contributed by atoms with Crippen LogP contribution in [0.25, 0.3) is 0 Å². The molecule has 2 heterocycles. The molecule has 2 aliphatic heterocycles. The molecule has 1 N–H and O–H groups in total. The molecule has 2 fully saturated rings. The lowest BCUT2D eigenvalue weighted by molar-refractivity contribution is -0.135. The molecule has 0 saturated carbocycles. The number of carbonyl (C=O) groups excluding carboxylic acids is 2. The van der Waals surface area contributed by atoms with Crippen molar-refractivity contribution in [2.24, 2.45) is 0 Å². The molecule has 2 saturated heterocycles. The number of fused-ring (bicyclic) bond motifs is 1. The fraction of sp³-hybridized carbons (Fsp3) is 0.529. The number of hydrogen-bond donors (Lipinski definition) is 1. The highest BCUT2D eigenvalue weighted by molar-refractivity contribution is 8.01. The molecule has 118 valence electrons. The predicted molar refractivity (Wildman–Crippen MR) is 90.0 cm³/mol. The fourth-order valence-corrected chi connectivity index (χ4v) is 5.03. The van der Waals surface area contributed by atoms with Crippen molar-refractivity contribution in [2.45, 2.75) is 51.4 Å². The van der Waals surface area contributed by atoms with Crippen LogP contribution in [0.15, 0.2) is 12.1 Å². The van der Waals surface area contributed by atoms with Crippen LogP contribution in [0.2, 0.25) is 0 Å². The lowest BCUT2D eigenvalue weighted by Gasteiger charge is -2.30. The standard InChI is InChI=1S/C17H22N2O2S/c1-10-7-11(2)15(12(3)8-10)18-16(21)13-9-22-17(4)6-5-14(20)19(13)17/h7-8,13H,5-6,9H2,1-4H3,(H,18,21)/t13-,17-/m1/s1. The summed E-state index contributed by atoms with van der Waals surface area (Å²) in [5.41, 5.74) is 4.19. The summed E-state index contributed by atoms with van der Waals surface area (Å²) in [6.45, 7) is 8.13. The Bertz CT molecular complexity index is 635. The molecule has 2 atom stereocenters. The maximum Gasteiger partial charge on any atom is 0.248 e. The first-order valence-corrected chi connectivity index (χ1v) is 8.65. The van der Waals surface area contributed by atoms with Crippen molar-refractivity contribution < 1.29 is 9.59 Å². The molecule has 3 rings (SSSR count). The minimum atomic E-state index is -0.356. The summed E-state index contributed by atoms with van der Waals surface area (Å²) in [5.74, 6) is 0.712. The summed E-state index contributed by atoms with van der Waals surface area (Å²) in [4.78, 5) is 26.5. The Balaban J connectivity index is 1.83.